The van der Waals surface area contributed by atoms with Crippen LogP contribution in [0.15, 0.2) is 229 Å². The third-order valence-corrected chi connectivity index (χ3v) is 18.1. The average Bonchev–Trinajstić information content (AvgIpc) is 4.12. The van der Waals surface area contributed by atoms with Crippen molar-refractivity contribution in [2.24, 2.45) is 0 Å². The Morgan fingerprint density at radius 3 is 1.77 bits per heavy atom. The van der Waals surface area contributed by atoms with Crippen molar-refractivity contribution in [3.05, 3.63) is 200 Å². The lowest BCUT2D eigenvalue weighted by Crippen LogP contribution is -2.29. The summed E-state index contributed by atoms with van der Waals surface area (Å²) in [6.07, 6.45) is 0. The van der Waals surface area contributed by atoms with Gasteiger partial charge in [-0.25, -0.2) is 0 Å². The van der Waals surface area contributed by atoms with E-state index >= 15 is 4.21 Å². The highest BCUT2D eigenvalue weighted by Crippen LogP contribution is 2.71. The van der Waals surface area contributed by atoms with E-state index in [1.54, 1.807) is 0 Å². The van der Waals surface area contributed by atoms with E-state index in [-0.39, 0.29) is 0 Å². The van der Waals surface area contributed by atoms with Gasteiger partial charge in [0.15, 0.2) is 0 Å². The maximum absolute atomic E-state index is 16.9. The van der Waals surface area contributed by atoms with Gasteiger partial charge in [0, 0.05) is 61.1 Å². The van der Waals surface area contributed by atoms with E-state index < -0.39 is 9.07 Å². The fraction of sp³-hybridized carbons (Fsp3) is 0. The van der Waals surface area contributed by atoms with E-state index in [1.807, 2.05) is 48.5 Å². The first-order valence-corrected chi connectivity index (χ1v) is 22.6. The first-order chi connectivity index (χ1) is 30.1. The Balaban J connectivity index is 1.02. The molecule has 0 N–H and O–H groups in total. The number of fused-ring (bicyclic) bond motifs is 17. The highest BCUT2D eigenvalue weighted by molar-refractivity contribution is 8.21. The monoisotopic (exact) mass is 799 g/mol. The summed E-state index contributed by atoms with van der Waals surface area (Å²) in [5.74, 6) is 1.44. The molecule has 61 heavy (non-hydrogen) atoms. The van der Waals surface area contributed by atoms with Crippen molar-refractivity contribution in [1.29, 1.82) is 0 Å². The second-order valence-electron chi connectivity index (χ2n) is 16.3. The second-order valence-corrected chi connectivity index (χ2v) is 19.9. The fourth-order valence-electron chi connectivity index (χ4n) is 10.9. The van der Waals surface area contributed by atoms with Gasteiger partial charge in [0.05, 0.1) is 22.3 Å². The molecule has 0 fully saturated rings. The van der Waals surface area contributed by atoms with Gasteiger partial charge in [-0.05, 0) is 94.4 Å². The summed E-state index contributed by atoms with van der Waals surface area (Å²) in [6.45, 7) is 0. The van der Waals surface area contributed by atoms with E-state index in [1.165, 1.54) is 10.8 Å². The molecule has 286 valence electrons. The maximum Gasteiger partial charge on any atom is 0.147 e. The molecule has 1 spiro atoms. The Hall–Kier alpha value is -7.73. The molecule has 5 heteroatoms. The molecule has 14 rings (SSSR count). The molecule has 2 aliphatic rings. The molecule has 3 aromatic heterocycles. The van der Waals surface area contributed by atoms with Crippen LogP contribution in [0.1, 0.15) is 0 Å². The highest BCUT2D eigenvalue weighted by Gasteiger charge is 2.57. The van der Waals surface area contributed by atoms with Gasteiger partial charge in [0.1, 0.15) is 22.7 Å². The molecule has 0 bridgehead atoms. The molecule has 0 atom stereocenters. The first kappa shape index (κ1) is 33.1. The molecular weight excluding hydrogens is 767 g/mol. The summed E-state index contributed by atoms with van der Waals surface area (Å²) in [7, 11) is -3.93. The van der Waals surface area contributed by atoms with Crippen LogP contribution in [0, 0.1) is 0 Å². The number of hydrogen-bond donors (Lipinski definition) is 0. The van der Waals surface area contributed by atoms with Crippen molar-refractivity contribution in [3.63, 3.8) is 0 Å². The van der Waals surface area contributed by atoms with E-state index in [4.69, 9.17) is 8.83 Å². The standard InChI is InChI=1S/C56H33NO3S/c58-61(50-25-10-5-18-38(50)39-19-6-11-26-51(39)61)52-27-12-7-20-40(52)42-32-35(28-31-53(42)61)47-29-30-49(59-47)55-54-41-21-3-8-22-45(41)57(44-23-13-15-34-14-1-2-16-36(34)44)46(54)33-43-37-17-4-9-24-48(37)60-56(43)55/h1-33H. The van der Waals surface area contributed by atoms with E-state index in [0.717, 1.165) is 108 Å². The summed E-state index contributed by atoms with van der Waals surface area (Å²) in [5, 5.41) is 6.63. The molecule has 0 aliphatic carbocycles. The minimum atomic E-state index is -3.93. The molecule has 9 aromatic carbocycles. The van der Waals surface area contributed by atoms with Crippen LogP contribution >= 0.6 is 0 Å². The van der Waals surface area contributed by atoms with Crippen LogP contribution < -0.4 is 0 Å². The van der Waals surface area contributed by atoms with Crippen molar-refractivity contribution in [2.45, 2.75) is 19.6 Å². The van der Waals surface area contributed by atoms with Crippen LogP contribution in [-0.2, 0) is 9.07 Å². The van der Waals surface area contributed by atoms with Crippen molar-refractivity contribution < 1.29 is 13.0 Å². The SMILES string of the molecule is O=S12(c3ccccc3-c3ccccc31)c1ccccc1-c1cc(-c3ccc(-c4c5oc6ccccc6c5cc5c4c4ccccc4n5-c4cccc5ccccc45)o3)ccc12. The lowest BCUT2D eigenvalue weighted by Gasteiger charge is -2.38. The third kappa shape index (κ3) is 3.98. The van der Waals surface area contributed by atoms with Gasteiger partial charge in [0.2, 0.25) is 0 Å². The molecular formula is C56H33NO3S. The quantitative estimate of drug-likeness (QED) is 0.179. The number of benzene rings is 9. The predicted molar refractivity (Wildman–Crippen MR) is 247 cm³/mol. The minimum absolute atomic E-state index is 0.717. The highest BCUT2D eigenvalue weighted by atomic mass is 32.3. The zero-order valence-electron chi connectivity index (χ0n) is 32.6. The van der Waals surface area contributed by atoms with Gasteiger partial charge >= 0.3 is 0 Å². The summed E-state index contributed by atoms with van der Waals surface area (Å²) in [6, 6.07) is 69.5. The summed E-state index contributed by atoms with van der Waals surface area (Å²) < 4.78 is 33.2. The first-order valence-electron chi connectivity index (χ1n) is 20.7. The molecule has 0 saturated carbocycles. The van der Waals surface area contributed by atoms with E-state index in [0.29, 0.717) is 5.76 Å². The number of nitrogens with zero attached hydrogens (tertiary/aromatic N) is 1. The third-order valence-electron chi connectivity index (χ3n) is 13.3. The van der Waals surface area contributed by atoms with Crippen molar-refractivity contribution in [1.82, 2.24) is 4.57 Å². The van der Waals surface area contributed by atoms with Crippen LogP contribution in [0.2, 0.25) is 0 Å². The van der Waals surface area contributed by atoms with Gasteiger partial charge in [-0.3, -0.25) is 4.21 Å². The van der Waals surface area contributed by atoms with E-state index in [2.05, 4.69) is 156 Å². The van der Waals surface area contributed by atoms with Crippen LogP contribution in [0.3, 0.4) is 0 Å². The Kier molecular flexibility index (Phi) is 6.25. The van der Waals surface area contributed by atoms with Gasteiger partial charge in [-0.2, -0.15) is 0 Å². The van der Waals surface area contributed by atoms with Gasteiger partial charge in [-0.1, -0.05) is 133 Å². The maximum atomic E-state index is 16.9. The fourth-order valence-corrected chi connectivity index (χ4v) is 16.0. The van der Waals surface area contributed by atoms with Crippen LogP contribution in [0.5, 0.6) is 0 Å². The van der Waals surface area contributed by atoms with Gasteiger partial charge in [0.25, 0.3) is 0 Å². The predicted octanol–water partition coefficient (Wildman–Crippen LogP) is 15.1. The number of hydrogen-bond acceptors (Lipinski definition) is 3. The van der Waals surface area contributed by atoms with Crippen molar-refractivity contribution in [2.75, 3.05) is 0 Å². The molecule has 0 amide bonds. The normalized spacial score (nSPS) is 15.0. The number of furan rings is 2. The molecule has 0 radical (unpaired) electrons. The number of rotatable bonds is 3. The topological polar surface area (TPSA) is 48.3 Å². The lowest BCUT2D eigenvalue weighted by atomic mass is 10.0. The minimum Gasteiger partial charge on any atom is -0.456 e. The number of aromatic nitrogens is 1. The average molecular weight is 800 g/mol. The van der Waals surface area contributed by atoms with Crippen LogP contribution in [0.4, 0.5) is 0 Å². The second kappa shape index (κ2) is 11.5. The molecule has 0 unspecified atom stereocenters. The van der Waals surface area contributed by atoms with Crippen LogP contribution in [-0.4, -0.2) is 8.78 Å². The smallest absolute Gasteiger partial charge is 0.147 e. The van der Waals surface area contributed by atoms with Gasteiger partial charge < -0.3 is 13.4 Å². The number of para-hydroxylation sites is 2. The Labute approximate surface area is 349 Å². The van der Waals surface area contributed by atoms with E-state index in [9.17, 15) is 0 Å². The molecule has 5 heterocycles. The largest absolute Gasteiger partial charge is 0.456 e. The molecule has 4 nitrogen and oxygen atoms in total. The van der Waals surface area contributed by atoms with Gasteiger partial charge in [-0.15, -0.1) is 0 Å². The van der Waals surface area contributed by atoms with Crippen LogP contribution in [0.25, 0.3) is 105 Å². The Morgan fingerprint density at radius 1 is 0.410 bits per heavy atom. The molecule has 2 aliphatic heterocycles. The zero-order chi connectivity index (χ0) is 40.1. The Bertz CT molecular complexity index is 3920. The Morgan fingerprint density at radius 2 is 1.00 bits per heavy atom. The summed E-state index contributed by atoms with van der Waals surface area (Å²) >= 11 is 0. The lowest BCUT2D eigenvalue weighted by molar-refractivity contribution is 0.595. The van der Waals surface area contributed by atoms with Crippen molar-refractivity contribution >= 4 is 63.6 Å². The molecule has 12 aromatic rings. The summed E-state index contributed by atoms with van der Waals surface area (Å²) in [4.78, 5) is 3.47. The van der Waals surface area contributed by atoms with Crippen molar-refractivity contribution in [3.8, 4) is 50.6 Å². The zero-order valence-corrected chi connectivity index (χ0v) is 33.4. The molecule has 0 saturated heterocycles. The summed E-state index contributed by atoms with van der Waals surface area (Å²) in [5.41, 5.74) is 10.8.